The number of benzene rings is 1. The molecule has 0 aromatic heterocycles. The van der Waals surface area contributed by atoms with E-state index in [2.05, 4.69) is 10.6 Å². The normalized spacial score (nSPS) is 15.9. The van der Waals surface area contributed by atoms with Crippen LogP contribution in [0.5, 0.6) is 0 Å². The van der Waals surface area contributed by atoms with Crippen molar-refractivity contribution >= 4 is 23.4 Å². The third-order valence-electron chi connectivity index (χ3n) is 4.14. The van der Waals surface area contributed by atoms with Crippen LogP contribution in [0.1, 0.15) is 32.6 Å². The van der Waals surface area contributed by atoms with Gasteiger partial charge in [-0.25, -0.2) is 4.79 Å². The molecular weight excluding hydrogens is 296 g/mol. The number of carbonyl (C=O) groups is 2. The van der Waals surface area contributed by atoms with Gasteiger partial charge in [0.2, 0.25) is 5.91 Å². The fraction of sp³-hybridized carbons (Fsp3) is 0.529. The maximum atomic E-state index is 12.4. The van der Waals surface area contributed by atoms with Gasteiger partial charge in [0.15, 0.2) is 0 Å². The molecule has 1 aliphatic rings. The van der Waals surface area contributed by atoms with Crippen LogP contribution in [0, 0.1) is 5.41 Å². The maximum Gasteiger partial charge on any atom is 0.411 e. The van der Waals surface area contributed by atoms with Gasteiger partial charge >= 0.3 is 6.09 Å². The van der Waals surface area contributed by atoms with Gasteiger partial charge in [0.25, 0.3) is 0 Å². The van der Waals surface area contributed by atoms with Crippen LogP contribution in [0.25, 0.3) is 0 Å². The number of hydrogen-bond acceptors (Lipinski definition) is 4. The molecule has 2 amide bonds. The Balaban J connectivity index is 1.91. The van der Waals surface area contributed by atoms with E-state index in [1.54, 1.807) is 24.3 Å². The highest BCUT2D eigenvalue weighted by molar-refractivity contribution is 5.96. The molecule has 0 radical (unpaired) electrons. The number of amides is 2. The summed E-state index contributed by atoms with van der Waals surface area (Å²) in [7, 11) is 1.54. The summed E-state index contributed by atoms with van der Waals surface area (Å²) < 4.78 is 9.75. The Bertz CT molecular complexity index is 553. The number of anilines is 2. The highest BCUT2D eigenvalue weighted by Gasteiger charge is 2.36. The van der Waals surface area contributed by atoms with Crippen LogP contribution < -0.4 is 10.6 Å². The van der Waals surface area contributed by atoms with Gasteiger partial charge in [-0.2, -0.15) is 0 Å². The van der Waals surface area contributed by atoms with Crippen molar-refractivity contribution in [3.8, 4) is 0 Å². The van der Waals surface area contributed by atoms with Crippen molar-refractivity contribution in [1.29, 1.82) is 0 Å². The van der Waals surface area contributed by atoms with Crippen molar-refractivity contribution in [2.45, 2.75) is 32.6 Å². The molecule has 0 saturated heterocycles. The van der Waals surface area contributed by atoms with E-state index in [4.69, 9.17) is 9.47 Å². The molecule has 2 N–H and O–H groups in total. The summed E-state index contributed by atoms with van der Waals surface area (Å²) in [4.78, 5) is 24.0. The molecule has 1 aromatic carbocycles. The molecule has 0 unspecified atom stereocenters. The second-order valence-electron chi connectivity index (χ2n) is 6.06. The minimum absolute atomic E-state index is 0.0369. The third-order valence-corrected chi connectivity index (χ3v) is 4.14. The average molecular weight is 320 g/mol. The molecule has 0 atom stereocenters. The van der Waals surface area contributed by atoms with Crippen LogP contribution in [-0.4, -0.2) is 32.3 Å². The molecule has 6 heteroatoms. The summed E-state index contributed by atoms with van der Waals surface area (Å²) in [5, 5.41) is 5.56. The zero-order valence-corrected chi connectivity index (χ0v) is 13.7. The van der Waals surface area contributed by atoms with Crippen molar-refractivity contribution in [3.63, 3.8) is 0 Å². The molecule has 0 bridgehead atoms. The summed E-state index contributed by atoms with van der Waals surface area (Å²) in [6, 6.07) is 7.04. The SMILES string of the molecule is COCCOC(=O)Nc1cccc(NC(=O)C2(C)CCCC2)c1. The second kappa shape index (κ2) is 7.97. The van der Waals surface area contributed by atoms with Crippen LogP contribution in [-0.2, 0) is 14.3 Å². The highest BCUT2D eigenvalue weighted by Crippen LogP contribution is 2.38. The smallest absolute Gasteiger partial charge is 0.411 e. The van der Waals surface area contributed by atoms with Crippen molar-refractivity contribution in [1.82, 2.24) is 0 Å². The van der Waals surface area contributed by atoms with E-state index < -0.39 is 6.09 Å². The Morgan fingerprint density at radius 3 is 2.43 bits per heavy atom. The van der Waals surface area contributed by atoms with E-state index in [-0.39, 0.29) is 17.9 Å². The number of carbonyl (C=O) groups excluding carboxylic acids is 2. The summed E-state index contributed by atoms with van der Waals surface area (Å²) in [5.41, 5.74) is 0.947. The number of rotatable bonds is 6. The predicted octanol–water partition coefficient (Wildman–Crippen LogP) is 3.40. The Hall–Kier alpha value is -2.08. The van der Waals surface area contributed by atoms with Crippen LogP contribution >= 0.6 is 0 Å². The molecule has 0 spiro atoms. The zero-order chi connectivity index (χ0) is 16.7. The lowest BCUT2D eigenvalue weighted by atomic mass is 9.88. The molecule has 0 aliphatic heterocycles. The number of methoxy groups -OCH3 is 1. The van der Waals surface area contributed by atoms with Gasteiger partial charge in [0.05, 0.1) is 6.61 Å². The fourth-order valence-corrected chi connectivity index (χ4v) is 2.71. The van der Waals surface area contributed by atoms with E-state index in [0.29, 0.717) is 18.0 Å². The molecule has 1 aliphatic carbocycles. The third kappa shape index (κ3) is 4.96. The first kappa shape index (κ1) is 17.3. The van der Waals surface area contributed by atoms with Gasteiger partial charge in [-0.05, 0) is 31.0 Å². The lowest BCUT2D eigenvalue weighted by Crippen LogP contribution is -2.30. The topological polar surface area (TPSA) is 76.7 Å². The van der Waals surface area contributed by atoms with E-state index in [1.165, 1.54) is 7.11 Å². The van der Waals surface area contributed by atoms with Gasteiger partial charge in [-0.3, -0.25) is 10.1 Å². The lowest BCUT2D eigenvalue weighted by Gasteiger charge is -2.22. The minimum atomic E-state index is -0.548. The van der Waals surface area contributed by atoms with E-state index >= 15 is 0 Å². The van der Waals surface area contributed by atoms with E-state index in [1.807, 2.05) is 6.92 Å². The fourth-order valence-electron chi connectivity index (χ4n) is 2.71. The van der Waals surface area contributed by atoms with Gasteiger partial charge < -0.3 is 14.8 Å². The predicted molar refractivity (Wildman–Crippen MR) is 88.5 cm³/mol. The summed E-state index contributed by atoms with van der Waals surface area (Å²) >= 11 is 0. The first-order valence-corrected chi connectivity index (χ1v) is 7.88. The Morgan fingerprint density at radius 1 is 1.13 bits per heavy atom. The van der Waals surface area contributed by atoms with Gasteiger partial charge in [0.1, 0.15) is 6.61 Å². The second-order valence-corrected chi connectivity index (χ2v) is 6.06. The van der Waals surface area contributed by atoms with E-state index in [0.717, 1.165) is 25.7 Å². The van der Waals surface area contributed by atoms with Crippen LogP contribution in [0.2, 0.25) is 0 Å². The molecule has 1 aromatic rings. The summed E-state index contributed by atoms with van der Waals surface area (Å²) in [5.74, 6) is 0.0369. The Morgan fingerprint density at radius 2 is 1.78 bits per heavy atom. The summed E-state index contributed by atoms with van der Waals surface area (Å²) in [6.45, 7) is 2.55. The van der Waals surface area contributed by atoms with Crippen molar-refractivity contribution in [3.05, 3.63) is 24.3 Å². The minimum Gasteiger partial charge on any atom is -0.447 e. The molecular formula is C17H24N2O4. The molecule has 126 valence electrons. The first-order chi connectivity index (χ1) is 11.0. The monoisotopic (exact) mass is 320 g/mol. The quantitative estimate of drug-likeness (QED) is 0.788. The van der Waals surface area contributed by atoms with Gasteiger partial charge in [-0.1, -0.05) is 25.8 Å². The molecule has 6 nitrogen and oxygen atoms in total. The number of hydrogen-bond donors (Lipinski definition) is 2. The van der Waals surface area contributed by atoms with Crippen molar-refractivity contribution in [2.75, 3.05) is 31.0 Å². The number of nitrogens with one attached hydrogen (secondary N) is 2. The standard InChI is InChI=1S/C17H24N2O4/c1-17(8-3-4-9-17)15(20)18-13-6-5-7-14(12-13)19-16(21)23-11-10-22-2/h5-7,12H,3-4,8-11H2,1-2H3,(H,18,20)(H,19,21). The van der Waals surface area contributed by atoms with Crippen LogP contribution in [0.15, 0.2) is 24.3 Å². The van der Waals surface area contributed by atoms with E-state index in [9.17, 15) is 9.59 Å². The molecule has 1 fully saturated rings. The van der Waals surface area contributed by atoms with Crippen molar-refractivity contribution < 1.29 is 19.1 Å². The molecule has 23 heavy (non-hydrogen) atoms. The van der Waals surface area contributed by atoms with Crippen molar-refractivity contribution in [2.24, 2.45) is 5.41 Å². The molecule has 0 heterocycles. The Kier molecular flexibility index (Phi) is 5.98. The van der Waals surface area contributed by atoms with Crippen LogP contribution in [0.4, 0.5) is 16.2 Å². The van der Waals surface area contributed by atoms with Crippen LogP contribution in [0.3, 0.4) is 0 Å². The largest absolute Gasteiger partial charge is 0.447 e. The van der Waals surface area contributed by atoms with Gasteiger partial charge in [0, 0.05) is 23.9 Å². The summed E-state index contributed by atoms with van der Waals surface area (Å²) in [6.07, 6.45) is 3.48. The maximum absolute atomic E-state index is 12.4. The first-order valence-electron chi connectivity index (χ1n) is 7.88. The molecule has 2 rings (SSSR count). The zero-order valence-electron chi connectivity index (χ0n) is 13.7. The Labute approximate surface area is 136 Å². The highest BCUT2D eigenvalue weighted by atomic mass is 16.6. The van der Waals surface area contributed by atoms with Gasteiger partial charge in [-0.15, -0.1) is 0 Å². The molecule has 1 saturated carbocycles. The average Bonchev–Trinajstić information content (AvgIpc) is 2.96. The number of ether oxygens (including phenoxy) is 2. The lowest BCUT2D eigenvalue weighted by molar-refractivity contribution is -0.124.